The Hall–Kier alpha value is -0.560. The van der Waals surface area contributed by atoms with Gasteiger partial charge in [0, 0.05) is 9.80 Å². The third-order valence-corrected chi connectivity index (χ3v) is 3.51. The first-order chi connectivity index (χ1) is 7.99. The molecule has 1 heterocycles. The van der Waals surface area contributed by atoms with Gasteiger partial charge in [0.05, 0.1) is 19.2 Å². The average Bonchev–Trinajstić information content (AvgIpc) is 2.31. The summed E-state index contributed by atoms with van der Waals surface area (Å²) in [7, 11) is 1.25. The van der Waals surface area contributed by atoms with Crippen LogP contribution < -0.4 is 0 Å². The number of halogens is 4. The molecule has 0 aromatic carbocycles. The van der Waals surface area contributed by atoms with Crippen LogP contribution in [-0.4, -0.2) is 18.1 Å². The van der Waals surface area contributed by atoms with Gasteiger partial charge in [0.15, 0.2) is 0 Å². The molecule has 0 aliphatic carbocycles. The van der Waals surface area contributed by atoms with E-state index in [1.54, 1.807) is 6.07 Å². The van der Waals surface area contributed by atoms with E-state index in [4.69, 9.17) is 0 Å². The van der Waals surface area contributed by atoms with Crippen molar-refractivity contribution in [2.24, 2.45) is 0 Å². The summed E-state index contributed by atoms with van der Waals surface area (Å²) >= 11 is 6.18. The van der Waals surface area contributed by atoms with Crippen molar-refractivity contribution in [1.82, 2.24) is 4.98 Å². The molecule has 0 bridgehead atoms. The summed E-state index contributed by atoms with van der Waals surface area (Å²) in [5.41, 5.74) is 0.528. The van der Waals surface area contributed by atoms with Crippen LogP contribution in [0.4, 0.5) is 8.78 Å². The summed E-state index contributed by atoms with van der Waals surface area (Å²) in [5.74, 6) is -0.488. The lowest BCUT2D eigenvalue weighted by Crippen LogP contribution is -2.08. The largest absolute Gasteiger partial charge is 0.469 e. The lowest BCUT2D eigenvalue weighted by Gasteiger charge is -2.10. The number of aromatic nitrogens is 1. The van der Waals surface area contributed by atoms with Crippen LogP contribution in [0, 0.1) is 0 Å². The molecule has 1 aromatic heterocycles. The van der Waals surface area contributed by atoms with Crippen molar-refractivity contribution in [2.45, 2.75) is 18.2 Å². The quantitative estimate of drug-likeness (QED) is 0.600. The molecule has 0 amide bonds. The Morgan fingerprint density at radius 2 is 2.24 bits per heavy atom. The molecule has 3 nitrogen and oxygen atoms in total. The van der Waals surface area contributed by atoms with Gasteiger partial charge in [-0.15, -0.1) is 0 Å². The number of nitrogens with zero attached hydrogens (tertiary/aromatic N) is 1. The minimum absolute atomic E-state index is 0.0701. The second-order valence-electron chi connectivity index (χ2n) is 3.16. The highest BCUT2D eigenvalue weighted by molar-refractivity contribution is 9.10. The van der Waals surface area contributed by atoms with Crippen LogP contribution in [-0.2, 0) is 21.3 Å². The molecule has 7 heteroatoms. The van der Waals surface area contributed by atoms with Gasteiger partial charge in [-0.05, 0) is 27.6 Å². The van der Waals surface area contributed by atoms with Gasteiger partial charge in [-0.25, -0.2) is 13.8 Å². The lowest BCUT2D eigenvalue weighted by atomic mass is 10.1. The average molecular weight is 373 g/mol. The zero-order valence-corrected chi connectivity index (χ0v) is 12.0. The Kier molecular flexibility index (Phi) is 5.45. The van der Waals surface area contributed by atoms with Crippen molar-refractivity contribution in [3.63, 3.8) is 0 Å². The summed E-state index contributed by atoms with van der Waals surface area (Å²) < 4.78 is 30.1. The Morgan fingerprint density at radius 1 is 1.59 bits per heavy atom. The number of rotatable bonds is 4. The van der Waals surface area contributed by atoms with E-state index >= 15 is 0 Å². The predicted octanol–water partition coefficient (Wildman–Crippen LogP) is 3.39. The van der Waals surface area contributed by atoms with Crippen molar-refractivity contribution >= 4 is 37.8 Å². The van der Waals surface area contributed by atoms with Gasteiger partial charge >= 0.3 is 5.97 Å². The highest BCUT2D eigenvalue weighted by Crippen LogP contribution is 2.30. The van der Waals surface area contributed by atoms with Gasteiger partial charge in [0.1, 0.15) is 5.69 Å². The SMILES string of the molecule is COC(=O)Cc1cc(CBr)nc(C(F)F)c1Br. The molecule has 17 heavy (non-hydrogen) atoms. The van der Waals surface area contributed by atoms with Gasteiger partial charge in [-0.3, -0.25) is 4.79 Å². The van der Waals surface area contributed by atoms with Crippen LogP contribution in [0.2, 0.25) is 0 Å². The first-order valence-electron chi connectivity index (χ1n) is 4.58. The van der Waals surface area contributed by atoms with Crippen LogP contribution in [0.25, 0.3) is 0 Å². The molecule has 0 saturated carbocycles. The molecule has 0 spiro atoms. The summed E-state index contributed by atoms with van der Waals surface area (Å²) in [5, 5.41) is 0.341. The first-order valence-corrected chi connectivity index (χ1v) is 6.50. The maximum absolute atomic E-state index is 12.7. The Morgan fingerprint density at radius 3 is 2.71 bits per heavy atom. The maximum Gasteiger partial charge on any atom is 0.310 e. The first kappa shape index (κ1) is 14.5. The highest BCUT2D eigenvalue weighted by Gasteiger charge is 2.19. The minimum Gasteiger partial charge on any atom is -0.469 e. The third kappa shape index (κ3) is 3.70. The van der Waals surface area contributed by atoms with Crippen LogP contribution >= 0.6 is 31.9 Å². The molecule has 1 aromatic rings. The number of carbonyl (C=O) groups excluding carboxylic acids is 1. The van der Waals surface area contributed by atoms with Crippen LogP contribution in [0.5, 0.6) is 0 Å². The van der Waals surface area contributed by atoms with E-state index in [-0.39, 0.29) is 16.6 Å². The van der Waals surface area contributed by atoms with E-state index in [2.05, 4.69) is 41.6 Å². The second kappa shape index (κ2) is 6.39. The summed E-state index contributed by atoms with van der Waals surface area (Å²) in [6, 6.07) is 1.58. The minimum atomic E-state index is -2.69. The van der Waals surface area contributed by atoms with Crippen molar-refractivity contribution in [3.05, 3.63) is 27.5 Å². The molecule has 94 valence electrons. The molecule has 0 saturated heterocycles. The Labute approximate surface area is 114 Å². The Bertz CT molecular complexity index is 427. The van der Waals surface area contributed by atoms with Crippen molar-refractivity contribution < 1.29 is 18.3 Å². The van der Waals surface area contributed by atoms with Gasteiger partial charge in [-0.1, -0.05) is 15.9 Å². The van der Waals surface area contributed by atoms with Gasteiger partial charge in [0.25, 0.3) is 6.43 Å². The number of pyridine rings is 1. The molecule has 0 aliphatic heterocycles. The molecule has 1 rings (SSSR count). The van der Waals surface area contributed by atoms with E-state index in [0.29, 0.717) is 16.6 Å². The molecule has 0 radical (unpaired) electrons. The number of hydrogen-bond acceptors (Lipinski definition) is 3. The second-order valence-corrected chi connectivity index (χ2v) is 4.51. The summed E-state index contributed by atoms with van der Waals surface area (Å²) in [4.78, 5) is 14.9. The van der Waals surface area contributed by atoms with Gasteiger partial charge < -0.3 is 4.74 Å². The molecule has 0 N–H and O–H groups in total. The zero-order valence-electron chi connectivity index (χ0n) is 8.84. The summed E-state index contributed by atoms with van der Waals surface area (Å²) in [6.45, 7) is 0. The van der Waals surface area contributed by atoms with Crippen LogP contribution in [0.15, 0.2) is 10.5 Å². The smallest absolute Gasteiger partial charge is 0.310 e. The lowest BCUT2D eigenvalue weighted by molar-refractivity contribution is -0.139. The van der Waals surface area contributed by atoms with Crippen molar-refractivity contribution in [2.75, 3.05) is 7.11 Å². The van der Waals surface area contributed by atoms with E-state index in [1.807, 2.05) is 0 Å². The molecule has 0 aliphatic rings. The number of hydrogen-bond donors (Lipinski definition) is 0. The monoisotopic (exact) mass is 371 g/mol. The fraction of sp³-hybridized carbons (Fsp3) is 0.400. The number of methoxy groups -OCH3 is 1. The zero-order chi connectivity index (χ0) is 13.0. The van der Waals surface area contributed by atoms with Crippen LogP contribution in [0.3, 0.4) is 0 Å². The van der Waals surface area contributed by atoms with E-state index < -0.39 is 12.4 Å². The molecule has 0 fully saturated rings. The predicted molar refractivity (Wildman–Crippen MR) is 65.2 cm³/mol. The van der Waals surface area contributed by atoms with Crippen molar-refractivity contribution in [1.29, 1.82) is 0 Å². The summed E-state index contributed by atoms with van der Waals surface area (Å²) in [6.07, 6.45) is -2.76. The normalized spacial score (nSPS) is 10.7. The molecule has 0 atom stereocenters. The standard InChI is InChI=1S/C10H9Br2F2NO2/c1-17-7(16)3-5-2-6(4-11)15-9(8(5)12)10(13)14/h2,10H,3-4H2,1H3. The molecule has 0 unspecified atom stereocenters. The maximum atomic E-state index is 12.7. The molecular formula is C10H9Br2F2NO2. The Balaban J connectivity index is 3.19. The number of alkyl halides is 3. The third-order valence-electron chi connectivity index (χ3n) is 2.02. The number of ether oxygens (including phenoxy) is 1. The van der Waals surface area contributed by atoms with Gasteiger partial charge in [-0.2, -0.15) is 0 Å². The fourth-order valence-corrected chi connectivity index (χ4v) is 2.04. The fourth-order valence-electron chi connectivity index (χ4n) is 1.23. The van der Waals surface area contributed by atoms with Crippen LogP contribution in [0.1, 0.15) is 23.4 Å². The number of esters is 1. The molecular weight excluding hydrogens is 364 g/mol. The van der Waals surface area contributed by atoms with E-state index in [0.717, 1.165) is 0 Å². The van der Waals surface area contributed by atoms with E-state index in [9.17, 15) is 13.6 Å². The number of carbonyl (C=O) groups is 1. The van der Waals surface area contributed by atoms with E-state index in [1.165, 1.54) is 7.11 Å². The van der Waals surface area contributed by atoms with Crippen molar-refractivity contribution in [3.8, 4) is 0 Å². The highest BCUT2D eigenvalue weighted by atomic mass is 79.9. The van der Waals surface area contributed by atoms with Gasteiger partial charge in [0.2, 0.25) is 0 Å². The topological polar surface area (TPSA) is 39.2 Å².